The Hall–Kier alpha value is -0.810. The number of unbranched alkanes of at least 4 members (excludes halogenated alkanes) is 1. The van der Waals surface area contributed by atoms with Crippen LogP contribution in [0, 0.1) is 5.92 Å². The van der Waals surface area contributed by atoms with Crippen molar-refractivity contribution in [1.82, 2.24) is 15.5 Å². The molecule has 130 valence electrons. The molecule has 5 nitrogen and oxygen atoms in total. The number of rotatable bonds is 8. The predicted octanol–water partition coefficient (Wildman–Crippen LogP) is 2.09. The topological polar surface area (TPSA) is 48.9 Å². The van der Waals surface area contributed by atoms with Gasteiger partial charge in [-0.1, -0.05) is 6.92 Å². The average molecular weight is 313 g/mol. The van der Waals surface area contributed by atoms with Gasteiger partial charge in [0.1, 0.15) is 0 Å². The molecule has 2 N–H and O–H groups in total. The molecule has 1 aliphatic rings. The van der Waals surface area contributed by atoms with Crippen molar-refractivity contribution in [3.63, 3.8) is 0 Å². The van der Waals surface area contributed by atoms with Crippen LogP contribution in [0.15, 0.2) is 4.99 Å². The number of nitrogens with one attached hydrogen (secondary N) is 2. The summed E-state index contributed by atoms with van der Waals surface area (Å²) in [5, 5.41) is 6.69. The van der Waals surface area contributed by atoms with E-state index in [0.717, 1.165) is 25.0 Å². The van der Waals surface area contributed by atoms with Crippen molar-refractivity contribution < 1.29 is 4.74 Å². The summed E-state index contributed by atoms with van der Waals surface area (Å²) in [6.45, 7) is 12.0. The van der Waals surface area contributed by atoms with Crippen LogP contribution in [0.2, 0.25) is 0 Å². The molecule has 0 saturated carbocycles. The largest absolute Gasteiger partial charge is 0.377 e. The van der Waals surface area contributed by atoms with E-state index < -0.39 is 0 Å². The third kappa shape index (κ3) is 7.99. The Bertz CT molecular complexity index is 331. The molecule has 1 unspecified atom stereocenters. The van der Waals surface area contributed by atoms with Crippen LogP contribution in [0.5, 0.6) is 0 Å². The van der Waals surface area contributed by atoms with Gasteiger partial charge in [-0.3, -0.25) is 4.99 Å². The van der Waals surface area contributed by atoms with Crippen molar-refractivity contribution in [3.05, 3.63) is 0 Å². The fourth-order valence-electron chi connectivity index (χ4n) is 2.75. The second kappa shape index (κ2) is 10.1. The summed E-state index contributed by atoms with van der Waals surface area (Å²) in [5.41, 5.74) is -0.178. The van der Waals surface area contributed by atoms with Gasteiger partial charge < -0.3 is 20.3 Å². The normalized spacial score (nSPS) is 21.0. The van der Waals surface area contributed by atoms with Gasteiger partial charge in [0, 0.05) is 33.8 Å². The molecule has 0 bridgehead atoms. The highest BCUT2D eigenvalue weighted by molar-refractivity contribution is 5.79. The van der Waals surface area contributed by atoms with Crippen LogP contribution in [0.3, 0.4) is 0 Å². The van der Waals surface area contributed by atoms with Gasteiger partial charge in [-0.05, 0) is 58.5 Å². The molecule has 5 heteroatoms. The second-order valence-electron chi connectivity index (χ2n) is 7.07. The van der Waals surface area contributed by atoms with Crippen LogP contribution in [0.1, 0.15) is 46.5 Å². The number of aliphatic imine (C=N–C) groups is 1. The molecule has 0 amide bonds. The molecular formula is C17H36N4O. The zero-order valence-electron chi connectivity index (χ0n) is 15.2. The minimum absolute atomic E-state index is 0.178. The summed E-state index contributed by atoms with van der Waals surface area (Å²) >= 11 is 0. The SMILES string of the molecule is CN=C(NCCCCN1CCCC(C)C1)NCC(C)(C)OC. The number of hydrogen-bond acceptors (Lipinski definition) is 3. The smallest absolute Gasteiger partial charge is 0.191 e. The van der Waals surface area contributed by atoms with E-state index in [1.54, 1.807) is 7.11 Å². The Labute approximate surface area is 136 Å². The third-order valence-electron chi connectivity index (χ3n) is 4.39. The zero-order valence-corrected chi connectivity index (χ0v) is 15.2. The van der Waals surface area contributed by atoms with Crippen molar-refractivity contribution in [2.45, 2.75) is 52.1 Å². The average Bonchev–Trinajstić information content (AvgIpc) is 2.50. The molecule has 1 fully saturated rings. The first-order valence-corrected chi connectivity index (χ1v) is 8.69. The number of methoxy groups -OCH3 is 1. The van der Waals surface area contributed by atoms with Crippen LogP contribution in [0.25, 0.3) is 0 Å². The Morgan fingerprint density at radius 3 is 2.73 bits per heavy atom. The third-order valence-corrected chi connectivity index (χ3v) is 4.39. The predicted molar refractivity (Wildman–Crippen MR) is 94.5 cm³/mol. The second-order valence-corrected chi connectivity index (χ2v) is 7.07. The molecule has 1 rings (SSSR count). The quantitative estimate of drug-likeness (QED) is 0.409. The Morgan fingerprint density at radius 1 is 1.32 bits per heavy atom. The van der Waals surface area contributed by atoms with Crippen LogP contribution in [0.4, 0.5) is 0 Å². The maximum absolute atomic E-state index is 5.40. The Kier molecular flexibility index (Phi) is 8.79. The van der Waals surface area contributed by atoms with E-state index in [1.807, 2.05) is 7.05 Å². The number of ether oxygens (including phenoxy) is 1. The van der Waals surface area contributed by atoms with Gasteiger partial charge in [-0.2, -0.15) is 0 Å². The first-order valence-electron chi connectivity index (χ1n) is 8.69. The fraction of sp³-hybridized carbons (Fsp3) is 0.941. The zero-order chi connectivity index (χ0) is 16.4. The number of piperidine rings is 1. The standard InChI is InChI=1S/C17H36N4O/c1-15-9-8-12-21(13-15)11-7-6-10-19-16(18-4)20-14-17(2,3)22-5/h15H,6-14H2,1-5H3,(H2,18,19,20). The van der Waals surface area contributed by atoms with E-state index in [1.165, 1.54) is 45.3 Å². The van der Waals surface area contributed by atoms with Crippen molar-refractivity contribution in [2.75, 3.05) is 46.9 Å². The van der Waals surface area contributed by atoms with Crippen LogP contribution >= 0.6 is 0 Å². The molecular weight excluding hydrogens is 276 g/mol. The lowest BCUT2D eigenvalue weighted by Gasteiger charge is -2.30. The minimum Gasteiger partial charge on any atom is -0.377 e. The monoisotopic (exact) mass is 312 g/mol. The lowest BCUT2D eigenvalue weighted by atomic mass is 10.0. The van der Waals surface area contributed by atoms with Crippen molar-refractivity contribution in [1.29, 1.82) is 0 Å². The van der Waals surface area contributed by atoms with E-state index >= 15 is 0 Å². The first kappa shape index (κ1) is 19.2. The molecule has 1 saturated heterocycles. The molecule has 0 aromatic heterocycles. The van der Waals surface area contributed by atoms with Crippen LogP contribution in [-0.2, 0) is 4.74 Å². The molecule has 0 radical (unpaired) electrons. The molecule has 1 aliphatic heterocycles. The van der Waals surface area contributed by atoms with Crippen LogP contribution in [-0.4, -0.2) is 63.3 Å². The fourth-order valence-corrected chi connectivity index (χ4v) is 2.75. The highest BCUT2D eigenvalue weighted by Gasteiger charge is 2.17. The summed E-state index contributed by atoms with van der Waals surface area (Å²) in [4.78, 5) is 6.86. The number of likely N-dealkylation sites (tertiary alicyclic amines) is 1. The summed E-state index contributed by atoms with van der Waals surface area (Å²) < 4.78 is 5.40. The van der Waals surface area contributed by atoms with E-state index in [4.69, 9.17) is 4.74 Å². The molecule has 0 aromatic carbocycles. The number of nitrogens with zero attached hydrogens (tertiary/aromatic N) is 2. The van der Waals surface area contributed by atoms with Crippen molar-refractivity contribution in [2.24, 2.45) is 10.9 Å². The highest BCUT2D eigenvalue weighted by Crippen LogP contribution is 2.15. The van der Waals surface area contributed by atoms with Gasteiger partial charge in [0.2, 0.25) is 0 Å². The van der Waals surface area contributed by atoms with Crippen LogP contribution < -0.4 is 10.6 Å². The van der Waals surface area contributed by atoms with Gasteiger partial charge >= 0.3 is 0 Å². The van der Waals surface area contributed by atoms with Gasteiger partial charge in [0.15, 0.2) is 5.96 Å². The Morgan fingerprint density at radius 2 is 2.09 bits per heavy atom. The molecule has 1 heterocycles. The summed E-state index contributed by atoms with van der Waals surface area (Å²) in [7, 11) is 3.55. The lowest BCUT2D eigenvalue weighted by Crippen LogP contribution is -2.45. The summed E-state index contributed by atoms with van der Waals surface area (Å²) in [6.07, 6.45) is 5.20. The maximum atomic E-state index is 5.40. The summed E-state index contributed by atoms with van der Waals surface area (Å²) in [6, 6.07) is 0. The number of hydrogen-bond donors (Lipinski definition) is 2. The Balaban J connectivity index is 2.09. The molecule has 0 aliphatic carbocycles. The van der Waals surface area contributed by atoms with Gasteiger partial charge in [0.25, 0.3) is 0 Å². The maximum Gasteiger partial charge on any atom is 0.191 e. The molecule has 1 atom stereocenters. The highest BCUT2D eigenvalue weighted by atomic mass is 16.5. The molecule has 0 aromatic rings. The first-order chi connectivity index (χ1) is 10.5. The van der Waals surface area contributed by atoms with E-state index in [2.05, 4.69) is 41.3 Å². The van der Waals surface area contributed by atoms with Gasteiger partial charge in [-0.25, -0.2) is 0 Å². The van der Waals surface area contributed by atoms with Gasteiger partial charge in [0.05, 0.1) is 5.60 Å². The van der Waals surface area contributed by atoms with E-state index in [-0.39, 0.29) is 5.60 Å². The van der Waals surface area contributed by atoms with E-state index in [0.29, 0.717) is 0 Å². The number of guanidine groups is 1. The lowest BCUT2D eigenvalue weighted by molar-refractivity contribution is 0.0268. The van der Waals surface area contributed by atoms with Gasteiger partial charge in [-0.15, -0.1) is 0 Å². The van der Waals surface area contributed by atoms with E-state index in [9.17, 15) is 0 Å². The molecule has 0 spiro atoms. The minimum atomic E-state index is -0.178. The van der Waals surface area contributed by atoms with Crippen molar-refractivity contribution in [3.8, 4) is 0 Å². The summed E-state index contributed by atoms with van der Waals surface area (Å²) in [5.74, 6) is 1.73. The molecule has 22 heavy (non-hydrogen) atoms. The van der Waals surface area contributed by atoms with Crippen molar-refractivity contribution >= 4 is 5.96 Å².